The van der Waals surface area contributed by atoms with E-state index in [0.717, 1.165) is 18.5 Å². The highest BCUT2D eigenvalue weighted by atomic mass is 19.4. The van der Waals surface area contributed by atoms with E-state index in [2.05, 4.69) is 15.0 Å². The van der Waals surface area contributed by atoms with Gasteiger partial charge in [0.2, 0.25) is 11.9 Å². The number of H-pyrrole nitrogens is 1. The Labute approximate surface area is 208 Å². The molecule has 0 bridgehead atoms. The summed E-state index contributed by atoms with van der Waals surface area (Å²) in [5.74, 6) is -0.0521. The first-order valence-electron chi connectivity index (χ1n) is 11.9. The quantitative estimate of drug-likeness (QED) is 0.596. The predicted molar refractivity (Wildman–Crippen MR) is 121 cm³/mol. The molecule has 8 nitrogen and oxygen atoms in total. The highest BCUT2D eigenvalue weighted by Gasteiger charge is 2.38. The van der Waals surface area contributed by atoms with Gasteiger partial charge in [-0.15, -0.1) is 0 Å². The van der Waals surface area contributed by atoms with Crippen molar-refractivity contribution >= 4 is 11.9 Å². The van der Waals surface area contributed by atoms with E-state index in [9.17, 15) is 35.9 Å². The van der Waals surface area contributed by atoms with Gasteiger partial charge in [-0.05, 0) is 37.4 Å². The maximum Gasteiger partial charge on any atom is 0.421 e. The number of anilines is 1. The molecule has 2 aliphatic heterocycles. The minimum Gasteiger partial charge on any atom is -0.338 e. The molecule has 0 spiro atoms. The van der Waals surface area contributed by atoms with E-state index in [-0.39, 0.29) is 18.4 Å². The monoisotopic (exact) mass is 532 g/mol. The molecule has 1 amide bonds. The number of pyridine rings is 1. The molecule has 1 atom stereocenters. The zero-order chi connectivity index (χ0) is 27.0. The van der Waals surface area contributed by atoms with E-state index in [4.69, 9.17) is 0 Å². The Kier molecular flexibility index (Phi) is 7.49. The van der Waals surface area contributed by atoms with Gasteiger partial charge in [-0.25, -0.2) is 9.97 Å². The van der Waals surface area contributed by atoms with Crippen molar-refractivity contribution < 1.29 is 31.1 Å². The average molecular weight is 532 g/mol. The second-order valence-corrected chi connectivity index (χ2v) is 9.06. The third kappa shape index (κ3) is 5.89. The Morgan fingerprint density at radius 2 is 1.68 bits per heavy atom. The fourth-order valence-electron chi connectivity index (χ4n) is 4.81. The molecule has 202 valence electrons. The fraction of sp³-hybridized carbons (Fsp3) is 0.565. The average Bonchev–Trinajstić information content (AvgIpc) is 3.30. The lowest BCUT2D eigenvalue weighted by atomic mass is 9.99. The molecule has 14 heteroatoms. The van der Waals surface area contributed by atoms with Crippen molar-refractivity contribution in [2.75, 3.05) is 44.2 Å². The summed E-state index contributed by atoms with van der Waals surface area (Å²) in [6.45, 7) is 3.54. The number of likely N-dealkylation sites (tertiary alicyclic amines) is 1. The van der Waals surface area contributed by atoms with Crippen molar-refractivity contribution in [2.45, 2.75) is 44.6 Å². The Morgan fingerprint density at radius 1 is 1.03 bits per heavy atom. The number of amides is 1. The Hall–Kier alpha value is -3.16. The van der Waals surface area contributed by atoms with Crippen molar-refractivity contribution in [3.8, 4) is 0 Å². The molecular weight excluding hydrogens is 506 g/mol. The molecule has 2 aromatic heterocycles. The first-order chi connectivity index (χ1) is 17.4. The molecule has 2 aromatic rings. The summed E-state index contributed by atoms with van der Waals surface area (Å²) < 4.78 is 78.3. The van der Waals surface area contributed by atoms with Gasteiger partial charge >= 0.3 is 12.4 Å². The number of hydrogen-bond donors (Lipinski definition) is 1. The van der Waals surface area contributed by atoms with Gasteiger partial charge in [0.05, 0.1) is 12.1 Å². The van der Waals surface area contributed by atoms with E-state index in [0.29, 0.717) is 63.2 Å². The van der Waals surface area contributed by atoms with Gasteiger partial charge in [-0.1, -0.05) is 6.92 Å². The van der Waals surface area contributed by atoms with Crippen molar-refractivity contribution in [3.05, 3.63) is 51.2 Å². The lowest BCUT2D eigenvalue weighted by molar-refractivity contribution is -0.139. The molecular formula is C23H26F6N6O2. The first-order valence-corrected chi connectivity index (χ1v) is 11.9. The topological polar surface area (TPSA) is 85.4 Å². The Morgan fingerprint density at radius 3 is 2.24 bits per heavy atom. The standard InChI is InChI=1S/C23H26F6N6O2/c1-2-17-15(10-16(20(37)32-17)23(27,28)29)18-4-3-5-35(18)13-19(36)33-6-8-34(9-7-33)21-30-11-14(12-31-21)22(24,25)26/h10-12,18H,2-9,13H2,1H3,(H,32,37). The number of piperazine rings is 1. The number of alkyl halides is 6. The molecule has 1 N–H and O–H groups in total. The summed E-state index contributed by atoms with van der Waals surface area (Å²) >= 11 is 0. The maximum atomic E-state index is 13.4. The minimum absolute atomic E-state index is 0.00504. The molecule has 0 saturated carbocycles. The minimum atomic E-state index is -4.79. The highest BCUT2D eigenvalue weighted by Crippen LogP contribution is 2.36. The van der Waals surface area contributed by atoms with Gasteiger partial charge in [0.1, 0.15) is 5.56 Å². The summed E-state index contributed by atoms with van der Waals surface area (Å²) in [6, 6.07) is 0.479. The van der Waals surface area contributed by atoms with Gasteiger partial charge < -0.3 is 14.8 Å². The fourth-order valence-corrected chi connectivity index (χ4v) is 4.81. The van der Waals surface area contributed by atoms with E-state index in [1.165, 1.54) is 0 Å². The van der Waals surface area contributed by atoms with Crippen LogP contribution in [0.15, 0.2) is 23.3 Å². The molecule has 4 rings (SSSR count). The van der Waals surface area contributed by atoms with Crippen molar-refractivity contribution in [3.63, 3.8) is 0 Å². The third-order valence-corrected chi connectivity index (χ3v) is 6.76. The molecule has 4 heterocycles. The van der Waals surface area contributed by atoms with Crippen LogP contribution in [0.2, 0.25) is 0 Å². The molecule has 0 radical (unpaired) electrons. The summed E-state index contributed by atoms with van der Waals surface area (Å²) in [5, 5.41) is 0. The highest BCUT2D eigenvalue weighted by molar-refractivity contribution is 5.78. The second-order valence-electron chi connectivity index (χ2n) is 9.06. The molecule has 1 unspecified atom stereocenters. The number of aromatic nitrogens is 3. The van der Waals surface area contributed by atoms with Crippen LogP contribution in [0, 0.1) is 0 Å². The molecule has 2 fully saturated rings. The van der Waals surface area contributed by atoms with Crippen molar-refractivity contribution in [1.29, 1.82) is 0 Å². The third-order valence-electron chi connectivity index (χ3n) is 6.76. The number of halogens is 6. The second kappa shape index (κ2) is 10.3. The summed E-state index contributed by atoms with van der Waals surface area (Å²) in [6.07, 6.45) is -6.28. The van der Waals surface area contributed by atoms with Crippen LogP contribution in [0.5, 0.6) is 0 Å². The van der Waals surface area contributed by atoms with Crippen LogP contribution in [0.1, 0.15) is 48.2 Å². The summed E-state index contributed by atoms with van der Waals surface area (Å²) in [4.78, 5) is 40.1. The molecule has 2 saturated heterocycles. The SMILES string of the molecule is CCc1[nH]c(=O)c(C(F)(F)F)cc1C1CCCN1CC(=O)N1CCN(c2ncc(C(F)(F)F)cn2)CC1. The number of aromatic amines is 1. The van der Waals surface area contributed by atoms with E-state index in [1.807, 2.05) is 4.90 Å². The lowest BCUT2D eigenvalue weighted by Crippen LogP contribution is -2.51. The number of nitrogens with zero attached hydrogens (tertiary/aromatic N) is 5. The summed E-state index contributed by atoms with van der Waals surface area (Å²) in [7, 11) is 0. The van der Waals surface area contributed by atoms with Gasteiger partial charge in [0, 0.05) is 50.3 Å². The van der Waals surface area contributed by atoms with Crippen LogP contribution in [0.3, 0.4) is 0 Å². The molecule has 0 aromatic carbocycles. The zero-order valence-electron chi connectivity index (χ0n) is 20.0. The number of carbonyl (C=O) groups excluding carboxylic acids is 1. The van der Waals surface area contributed by atoms with Gasteiger partial charge in [-0.3, -0.25) is 14.5 Å². The van der Waals surface area contributed by atoms with Gasteiger partial charge in [0.25, 0.3) is 5.56 Å². The van der Waals surface area contributed by atoms with E-state index < -0.39 is 35.1 Å². The molecule has 37 heavy (non-hydrogen) atoms. The number of carbonyl (C=O) groups is 1. The first kappa shape index (κ1) is 26.9. The van der Waals surface area contributed by atoms with E-state index >= 15 is 0 Å². The molecule has 2 aliphatic rings. The van der Waals surface area contributed by atoms with Crippen LogP contribution < -0.4 is 10.5 Å². The van der Waals surface area contributed by atoms with Crippen molar-refractivity contribution in [1.82, 2.24) is 24.8 Å². The normalized spacial score (nSPS) is 19.5. The number of rotatable bonds is 5. The lowest BCUT2D eigenvalue weighted by Gasteiger charge is -2.36. The molecule has 0 aliphatic carbocycles. The van der Waals surface area contributed by atoms with E-state index in [1.54, 1.807) is 16.7 Å². The van der Waals surface area contributed by atoms with Crippen LogP contribution in [-0.2, 0) is 23.6 Å². The van der Waals surface area contributed by atoms with Gasteiger partial charge in [-0.2, -0.15) is 26.3 Å². The Bertz CT molecular complexity index is 1170. The zero-order valence-corrected chi connectivity index (χ0v) is 20.0. The van der Waals surface area contributed by atoms with Crippen LogP contribution in [0.25, 0.3) is 0 Å². The predicted octanol–water partition coefficient (Wildman–Crippen LogP) is 3.25. The van der Waals surface area contributed by atoms with Crippen LogP contribution in [0.4, 0.5) is 32.3 Å². The van der Waals surface area contributed by atoms with Crippen molar-refractivity contribution in [2.24, 2.45) is 0 Å². The maximum absolute atomic E-state index is 13.4. The van der Waals surface area contributed by atoms with Crippen LogP contribution >= 0.6 is 0 Å². The largest absolute Gasteiger partial charge is 0.421 e. The van der Waals surface area contributed by atoms with Gasteiger partial charge in [0.15, 0.2) is 0 Å². The number of nitrogens with one attached hydrogen (secondary N) is 1. The number of aryl methyl sites for hydroxylation is 1. The summed E-state index contributed by atoms with van der Waals surface area (Å²) in [5.41, 5.74) is -2.57. The number of hydrogen-bond acceptors (Lipinski definition) is 6. The van der Waals surface area contributed by atoms with Crippen LogP contribution in [-0.4, -0.2) is 69.9 Å². The smallest absolute Gasteiger partial charge is 0.338 e. The Balaban J connectivity index is 1.41.